The molecule has 0 aliphatic heterocycles. The van der Waals surface area contributed by atoms with Crippen LogP contribution >= 0.6 is 0 Å². The minimum atomic E-state index is -4.24. The van der Waals surface area contributed by atoms with E-state index >= 15 is 0 Å². The summed E-state index contributed by atoms with van der Waals surface area (Å²) in [7, 11) is -0.105. The number of carbonyl (C=O) groups is 2. The third-order valence-corrected chi connectivity index (χ3v) is 7.34. The molecule has 2 amide bonds. The number of nitrogens with zero attached hydrogens (tertiary/aromatic N) is 3. The molecule has 37 heavy (non-hydrogen) atoms. The molecule has 0 aliphatic carbocycles. The van der Waals surface area contributed by atoms with Gasteiger partial charge in [-0.2, -0.15) is 12.7 Å². The summed E-state index contributed by atoms with van der Waals surface area (Å²) in [5.41, 5.74) is -0.0995. The van der Waals surface area contributed by atoms with E-state index in [1.54, 1.807) is 31.2 Å². The Hall–Kier alpha value is -3.18. The molecule has 2 aromatic rings. The van der Waals surface area contributed by atoms with Crippen LogP contribution in [-0.2, 0) is 26.3 Å². The average Bonchev–Trinajstić information content (AvgIpc) is 2.82. The molecule has 0 unspecified atom stereocenters. The highest BCUT2D eigenvalue weighted by Crippen LogP contribution is 2.24. The van der Waals surface area contributed by atoms with E-state index in [2.05, 4.69) is 5.32 Å². The van der Waals surface area contributed by atoms with Crippen LogP contribution < -0.4 is 14.4 Å². The van der Waals surface area contributed by atoms with E-state index < -0.39 is 40.1 Å². The van der Waals surface area contributed by atoms with Crippen LogP contribution in [0, 0.1) is 5.82 Å². The van der Waals surface area contributed by atoms with Gasteiger partial charge in [-0.15, -0.1) is 0 Å². The molecule has 0 bridgehead atoms. The Kier molecular flexibility index (Phi) is 10.0. The van der Waals surface area contributed by atoms with Crippen molar-refractivity contribution in [1.29, 1.82) is 0 Å². The molecular weight excluding hydrogens is 499 g/mol. The zero-order chi connectivity index (χ0) is 28.0. The molecule has 0 saturated carbocycles. The Morgan fingerprint density at radius 2 is 1.65 bits per heavy atom. The molecule has 9 nitrogen and oxygen atoms in total. The summed E-state index contributed by atoms with van der Waals surface area (Å²) in [4.78, 5) is 28.3. The van der Waals surface area contributed by atoms with E-state index in [1.807, 2.05) is 20.8 Å². The number of benzene rings is 2. The van der Waals surface area contributed by atoms with Gasteiger partial charge in [0.2, 0.25) is 11.8 Å². The van der Waals surface area contributed by atoms with Gasteiger partial charge in [0, 0.05) is 26.2 Å². The van der Waals surface area contributed by atoms with Gasteiger partial charge in [-0.1, -0.05) is 31.2 Å². The maximum absolute atomic E-state index is 14.7. The number of rotatable bonds is 11. The number of ether oxygens (including phenoxy) is 1. The van der Waals surface area contributed by atoms with Crippen LogP contribution in [0.5, 0.6) is 5.75 Å². The number of methoxy groups -OCH3 is 1. The highest BCUT2D eigenvalue weighted by molar-refractivity contribution is 7.90. The number of hydrogen-bond acceptors (Lipinski definition) is 5. The number of halogens is 1. The van der Waals surface area contributed by atoms with E-state index in [0.717, 1.165) is 14.7 Å². The lowest BCUT2D eigenvalue weighted by Crippen LogP contribution is -2.55. The van der Waals surface area contributed by atoms with E-state index in [1.165, 1.54) is 44.3 Å². The van der Waals surface area contributed by atoms with E-state index in [4.69, 9.17) is 4.74 Å². The van der Waals surface area contributed by atoms with E-state index in [9.17, 15) is 22.4 Å². The number of carbonyl (C=O) groups excluding carboxylic acids is 2. The zero-order valence-corrected chi connectivity index (χ0v) is 23.3. The smallest absolute Gasteiger partial charge is 0.304 e. The van der Waals surface area contributed by atoms with Crippen LogP contribution in [0.1, 0.15) is 39.7 Å². The molecular formula is C26H37FN4O5S. The Labute approximate surface area is 219 Å². The van der Waals surface area contributed by atoms with Crippen LogP contribution in [-0.4, -0.2) is 68.8 Å². The Morgan fingerprint density at radius 3 is 2.14 bits per heavy atom. The van der Waals surface area contributed by atoms with Crippen molar-refractivity contribution in [2.75, 3.05) is 32.1 Å². The second-order valence-electron chi connectivity index (χ2n) is 9.78. The summed E-state index contributed by atoms with van der Waals surface area (Å²) in [6.07, 6.45) is 0.282. The molecule has 0 spiro atoms. The highest BCUT2D eigenvalue weighted by Gasteiger charge is 2.35. The molecule has 204 valence electrons. The summed E-state index contributed by atoms with van der Waals surface area (Å²) in [5.74, 6) is -1.19. The number of anilines is 1. The summed E-state index contributed by atoms with van der Waals surface area (Å²) < 4.78 is 47.8. The maximum atomic E-state index is 14.7. The van der Waals surface area contributed by atoms with Gasteiger partial charge >= 0.3 is 10.2 Å². The first-order valence-electron chi connectivity index (χ1n) is 11.9. The Bertz CT molecular complexity index is 1180. The predicted octanol–water partition coefficient (Wildman–Crippen LogP) is 3.17. The molecule has 11 heteroatoms. The van der Waals surface area contributed by atoms with Crippen molar-refractivity contribution in [3.63, 3.8) is 0 Å². The molecule has 1 N–H and O–H groups in total. The number of hydrogen-bond donors (Lipinski definition) is 1. The lowest BCUT2D eigenvalue weighted by molar-refractivity contribution is -0.141. The predicted molar refractivity (Wildman–Crippen MR) is 142 cm³/mol. The zero-order valence-electron chi connectivity index (χ0n) is 22.5. The van der Waals surface area contributed by atoms with Crippen LogP contribution in [0.4, 0.5) is 10.1 Å². The third-order valence-electron chi connectivity index (χ3n) is 5.54. The van der Waals surface area contributed by atoms with Gasteiger partial charge in [-0.3, -0.25) is 9.59 Å². The fraction of sp³-hybridized carbons (Fsp3) is 0.462. The summed E-state index contributed by atoms with van der Waals surface area (Å²) >= 11 is 0. The van der Waals surface area contributed by atoms with Crippen molar-refractivity contribution in [3.05, 3.63) is 59.9 Å². The van der Waals surface area contributed by atoms with Gasteiger partial charge in [-0.05, 0) is 57.0 Å². The number of para-hydroxylation sites is 1. The van der Waals surface area contributed by atoms with Gasteiger partial charge in [0.1, 0.15) is 24.2 Å². The van der Waals surface area contributed by atoms with Gasteiger partial charge in [0.15, 0.2) is 0 Å². The van der Waals surface area contributed by atoms with E-state index in [0.29, 0.717) is 11.3 Å². The largest absolute Gasteiger partial charge is 0.497 e. The second kappa shape index (κ2) is 12.4. The standard InChI is InChI=1S/C26H37FN4O5S/c1-8-22(25(33)28-26(2,3)4)30(17-19-13-15-20(36-7)16-14-19)24(32)18-31(37(34,35)29(5)6)23-12-10-9-11-21(23)27/h9-16,22H,8,17-18H2,1-7H3,(H,28,33)/t22-/m1/s1. The first-order valence-corrected chi connectivity index (χ1v) is 13.3. The fourth-order valence-corrected chi connectivity index (χ4v) is 4.72. The summed E-state index contributed by atoms with van der Waals surface area (Å²) in [5, 5.41) is 2.90. The normalized spacial score (nSPS) is 12.7. The Morgan fingerprint density at radius 1 is 1.05 bits per heavy atom. The van der Waals surface area contributed by atoms with Gasteiger partial charge < -0.3 is 15.0 Å². The minimum absolute atomic E-state index is 0.0338. The fourth-order valence-electron chi connectivity index (χ4n) is 3.66. The highest BCUT2D eigenvalue weighted by atomic mass is 32.2. The van der Waals surface area contributed by atoms with Crippen molar-refractivity contribution < 1.29 is 27.1 Å². The van der Waals surface area contributed by atoms with Crippen LogP contribution in [0.3, 0.4) is 0 Å². The quantitative estimate of drug-likeness (QED) is 0.476. The molecule has 2 aromatic carbocycles. The summed E-state index contributed by atoms with van der Waals surface area (Å²) in [6.45, 7) is 6.60. The van der Waals surface area contributed by atoms with Crippen molar-refractivity contribution in [2.45, 2.75) is 52.2 Å². The topological polar surface area (TPSA) is 99.3 Å². The first kappa shape index (κ1) is 30.0. The molecule has 0 aromatic heterocycles. The van der Waals surface area contributed by atoms with E-state index in [-0.39, 0.29) is 24.6 Å². The lowest BCUT2D eigenvalue weighted by atomic mass is 10.1. The minimum Gasteiger partial charge on any atom is -0.497 e. The lowest BCUT2D eigenvalue weighted by Gasteiger charge is -2.35. The molecule has 0 saturated heterocycles. The third kappa shape index (κ3) is 7.90. The molecule has 2 rings (SSSR count). The van der Waals surface area contributed by atoms with Crippen LogP contribution in [0.25, 0.3) is 0 Å². The van der Waals surface area contributed by atoms with Crippen LogP contribution in [0.15, 0.2) is 48.5 Å². The molecule has 0 aliphatic rings. The molecule has 1 atom stereocenters. The van der Waals surface area contributed by atoms with Crippen molar-refractivity contribution in [2.24, 2.45) is 0 Å². The average molecular weight is 537 g/mol. The first-order chi connectivity index (χ1) is 17.2. The monoisotopic (exact) mass is 536 g/mol. The van der Waals surface area contributed by atoms with Crippen molar-refractivity contribution in [1.82, 2.24) is 14.5 Å². The molecule has 0 fully saturated rings. The van der Waals surface area contributed by atoms with Crippen LogP contribution in [0.2, 0.25) is 0 Å². The van der Waals surface area contributed by atoms with Gasteiger partial charge in [0.05, 0.1) is 12.8 Å². The van der Waals surface area contributed by atoms with Gasteiger partial charge in [0.25, 0.3) is 0 Å². The molecule has 0 radical (unpaired) electrons. The number of nitrogens with one attached hydrogen (secondary N) is 1. The van der Waals surface area contributed by atoms with Gasteiger partial charge in [-0.25, -0.2) is 8.70 Å². The van der Waals surface area contributed by atoms with Crippen molar-refractivity contribution in [3.8, 4) is 5.75 Å². The second-order valence-corrected chi connectivity index (χ2v) is 11.8. The SMILES string of the molecule is CC[C@H](C(=O)NC(C)(C)C)N(Cc1ccc(OC)cc1)C(=O)CN(c1ccccc1F)S(=O)(=O)N(C)C. The Balaban J connectivity index is 2.53. The molecule has 0 heterocycles. The van der Waals surface area contributed by atoms with Crippen molar-refractivity contribution >= 4 is 27.7 Å². The summed E-state index contributed by atoms with van der Waals surface area (Å²) in [6, 6.07) is 11.4. The number of amides is 2. The maximum Gasteiger partial charge on any atom is 0.304 e.